The molecule has 0 saturated carbocycles. The molecule has 0 rings (SSSR count). The first-order valence-electron chi connectivity index (χ1n) is 8.00. The number of hydrogen-bond acceptors (Lipinski definition) is 3. The van der Waals surface area contributed by atoms with Crippen molar-refractivity contribution in [2.75, 3.05) is 19.8 Å². The van der Waals surface area contributed by atoms with Crippen LogP contribution in [0.4, 0.5) is 0 Å². The molecule has 0 aromatic rings. The lowest BCUT2D eigenvalue weighted by Crippen LogP contribution is -1.96. The predicted octanol–water partition coefficient (Wildman–Crippen LogP) is 4.12. The van der Waals surface area contributed by atoms with Crippen molar-refractivity contribution in [3.05, 3.63) is 36.6 Å². The molecule has 0 aromatic heterocycles. The van der Waals surface area contributed by atoms with Crippen LogP contribution < -0.4 is 0 Å². The maximum Gasteiger partial charge on any atom is 0.0888 e. The second-order valence-corrected chi connectivity index (χ2v) is 5.41. The van der Waals surface area contributed by atoms with Crippen LogP contribution in [0.5, 0.6) is 0 Å². The third kappa shape index (κ3) is 12.4. The van der Waals surface area contributed by atoms with Crippen LogP contribution in [0.3, 0.4) is 0 Å². The molecule has 0 bridgehead atoms. The van der Waals surface area contributed by atoms with E-state index in [0.717, 1.165) is 74.7 Å². The van der Waals surface area contributed by atoms with Crippen molar-refractivity contribution in [3.8, 4) is 0 Å². The summed E-state index contributed by atoms with van der Waals surface area (Å²) >= 11 is 0. The van der Waals surface area contributed by atoms with Crippen molar-refractivity contribution in [2.24, 2.45) is 0 Å². The van der Waals surface area contributed by atoms with Gasteiger partial charge in [0.1, 0.15) is 0 Å². The highest BCUT2D eigenvalue weighted by molar-refractivity contribution is 5.24. The molecule has 3 nitrogen and oxygen atoms in total. The minimum atomic E-state index is 0.234. The van der Waals surface area contributed by atoms with Gasteiger partial charge in [-0.25, -0.2) is 0 Å². The molecule has 21 heavy (non-hydrogen) atoms. The van der Waals surface area contributed by atoms with Crippen molar-refractivity contribution in [2.45, 2.75) is 57.8 Å². The van der Waals surface area contributed by atoms with E-state index in [2.05, 4.69) is 19.7 Å². The molecule has 2 N–H and O–H groups in total. The molecule has 122 valence electrons. The number of hydrogen-bond donors (Lipinski definition) is 2. The molecule has 0 amide bonds. The Bertz CT molecular complexity index is 308. The van der Waals surface area contributed by atoms with Crippen LogP contribution in [0.1, 0.15) is 57.8 Å². The Hall–Kier alpha value is -1.06. The molecular formula is C18H32O3. The van der Waals surface area contributed by atoms with E-state index in [9.17, 15) is 0 Å². The lowest BCUT2D eigenvalue weighted by molar-refractivity contribution is 0.194. The fourth-order valence-electron chi connectivity index (χ4n) is 1.97. The summed E-state index contributed by atoms with van der Waals surface area (Å²) < 4.78 is 5.55. The van der Waals surface area contributed by atoms with E-state index < -0.39 is 0 Å². The maximum atomic E-state index is 8.75. The van der Waals surface area contributed by atoms with E-state index in [1.165, 1.54) is 0 Å². The summed E-state index contributed by atoms with van der Waals surface area (Å²) in [5.41, 5.74) is 2.23. The average molecular weight is 296 g/mol. The van der Waals surface area contributed by atoms with Crippen molar-refractivity contribution in [1.82, 2.24) is 0 Å². The van der Waals surface area contributed by atoms with Crippen molar-refractivity contribution >= 4 is 0 Å². The molecule has 3 heteroatoms. The van der Waals surface area contributed by atoms with Gasteiger partial charge in [-0.2, -0.15) is 0 Å². The fourth-order valence-corrected chi connectivity index (χ4v) is 1.97. The largest absolute Gasteiger partial charge is 0.499 e. The standard InChI is InChI=1S/C18H32O3/c1-16(10-4-7-13-19)17(2)11-6-9-15-21-18(3)12-5-8-14-20/h19-20H,1-15H2. The van der Waals surface area contributed by atoms with Crippen molar-refractivity contribution in [1.29, 1.82) is 0 Å². The molecule has 0 heterocycles. The van der Waals surface area contributed by atoms with Crippen LogP contribution in [0.2, 0.25) is 0 Å². The van der Waals surface area contributed by atoms with E-state index in [1.54, 1.807) is 0 Å². The zero-order valence-electron chi connectivity index (χ0n) is 13.4. The summed E-state index contributed by atoms with van der Waals surface area (Å²) in [6, 6.07) is 0. The number of aliphatic hydroxyl groups is 2. The van der Waals surface area contributed by atoms with Gasteiger partial charge in [-0.1, -0.05) is 30.9 Å². The average Bonchev–Trinajstić information content (AvgIpc) is 2.47. The smallest absolute Gasteiger partial charge is 0.0888 e. The van der Waals surface area contributed by atoms with Gasteiger partial charge in [0.2, 0.25) is 0 Å². The van der Waals surface area contributed by atoms with Gasteiger partial charge >= 0.3 is 0 Å². The molecule has 0 atom stereocenters. The topological polar surface area (TPSA) is 49.7 Å². The van der Waals surface area contributed by atoms with E-state index in [0.29, 0.717) is 6.61 Å². The fraction of sp³-hybridized carbons (Fsp3) is 0.667. The van der Waals surface area contributed by atoms with Crippen molar-refractivity contribution < 1.29 is 14.9 Å². The Kier molecular flexibility index (Phi) is 13.2. The Morgan fingerprint density at radius 1 is 0.667 bits per heavy atom. The first kappa shape index (κ1) is 19.9. The molecule has 0 fully saturated rings. The van der Waals surface area contributed by atoms with Gasteiger partial charge in [0.05, 0.1) is 12.4 Å². The monoisotopic (exact) mass is 296 g/mol. The third-order valence-electron chi connectivity index (χ3n) is 3.43. The summed E-state index contributed by atoms with van der Waals surface area (Å²) in [6.45, 7) is 13.2. The summed E-state index contributed by atoms with van der Waals surface area (Å²) in [5, 5.41) is 17.4. The van der Waals surface area contributed by atoms with E-state index in [1.807, 2.05) is 0 Å². The molecular weight excluding hydrogens is 264 g/mol. The lowest BCUT2D eigenvalue weighted by Gasteiger charge is -2.11. The van der Waals surface area contributed by atoms with Gasteiger partial charge in [-0.3, -0.25) is 0 Å². The number of aliphatic hydroxyl groups excluding tert-OH is 2. The Labute approximate surface area is 130 Å². The van der Waals surface area contributed by atoms with Gasteiger partial charge < -0.3 is 14.9 Å². The number of unbranched alkanes of at least 4 members (excludes halogenated alkanes) is 3. The highest BCUT2D eigenvalue weighted by Crippen LogP contribution is 2.19. The molecule has 0 aliphatic carbocycles. The molecule has 0 aliphatic heterocycles. The van der Waals surface area contributed by atoms with E-state index >= 15 is 0 Å². The second-order valence-electron chi connectivity index (χ2n) is 5.41. The maximum absolute atomic E-state index is 8.75. The quantitative estimate of drug-likeness (QED) is 0.271. The lowest BCUT2D eigenvalue weighted by atomic mass is 9.99. The second kappa shape index (κ2) is 13.9. The normalized spacial score (nSPS) is 10.4. The highest BCUT2D eigenvalue weighted by atomic mass is 16.5. The van der Waals surface area contributed by atoms with E-state index in [-0.39, 0.29) is 13.2 Å². The van der Waals surface area contributed by atoms with Gasteiger partial charge in [0, 0.05) is 19.6 Å². The minimum absolute atomic E-state index is 0.234. The van der Waals surface area contributed by atoms with Crippen LogP contribution in [0.15, 0.2) is 36.6 Å². The number of allylic oxidation sites excluding steroid dienone is 3. The van der Waals surface area contributed by atoms with Gasteiger partial charge in [-0.05, 0) is 51.4 Å². The van der Waals surface area contributed by atoms with Crippen LogP contribution >= 0.6 is 0 Å². The summed E-state index contributed by atoms with van der Waals surface area (Å²) in [6.07, 6.45) is 8.29. The molecule has 0 aliphatic rings. The predicted molar refractivity (Wildman–Crippen MR) is 89.1 cm³/mol. The Morgan fingerprint density at radius 2 is 1.14 bits per heavy atom. The van der Waals surface area contributed by atoms with Gasteiger partial charge in [-0.15, -0.1) is 0 Å². The molecule has 0 saturated heterocycles. The molecule has 0 aromatic carbocycles. The summed E-state index contributed by atoms with van der Waals surface area (Å²) in [7, 11) is 0. The summed E-state index contributed by atoms with van der Waals surface area (Å²) in [5.74, 6) is 0.815. The molecule has 0 unspecified atom stereocenters. The SMILES string of the molecule is C=C(CCCCO)OCCCCC(=C)C(=C)CCCCO. The van der Waals surface area contributed by atoms with Crippen LogP contribution in [0.25, 0.3) is 0 Å². The first-order valence-corrected chi connectivity index (χ1v) is 8.00. The Balaban J connectivity index is 3.50. The Morgan fingerprint density at radius 3 is 1.67 bits per heavy atom. The van der Waals surface area contributed by atoms with Crippen LogP contribution in [-0.4, -0.2) is 30.0 Å². The summed E-state index contributed by atoms with van der Waals surface area (Å²) in [4.78, 5) is 0. The minimum Gasteiger partial charge on any atom is -0.499 e. The van der Waals surface area contributed by atoms with Crippen LogP contribution in [0, 0.1) is 0 Å². The van der Waals surface area contributed by atoms with Gasteiger partial charge in [0.25, 0.3) is 0 Å². The third-order valence-corrected chi connectivity index (χ3v) is 3.43. The molecule has 0 spiro atoms. The van der Waals surface area contributed by atoms with Crippen molar-refractivity contribution in [3.63, 3.8) is 0 Å². The van der Waals surface area contributed by atoms with E-state index in [4.69, 9.17) is 14.9 Å². The van der Waals surface area contributed by atoms with Gasteiger partial charge in [0.15, 0.2) is 0 Å². The number of rotatable bonds is 15. The first-order chi connectivity index (χ1) is 10.1. The molecule has 0 radical (unpaired) electrons. The highest BCUT2D eigenvalue weighted by Gasteiger charge is 2.01. The number of ether oxygens (including phenoxy) is 1. The van der Waals surface area contributed by atoms with Crippen LogP contribution in [-0.2, 0) is 4.74 Å². The zero-order chi connectivity index (χ0) is 15.9. The zero-order valence-corrected chi connectivity index (χ0v) is 13.4.